The van der Waals surface area contributed by atoms with Crippen LogP contribution in [0.3, 0.4) is 0 Å². The highest BCUT2D eigenvalue weighted by Gasteiger charge is 1.93. The monoisotopic (exact) mass is 452 g/mol. The molecule has 0 saturated heterocycles. The fourth-order valence-electron chi connectivity index (χ4n) is 0.0577. The van der Waals surface area contributed by atoms with Gasteiger partial charge in [-0.3, -0.25) is 0 Å². The second kappa shape index (κ2) is 36.8. The summed E-state index contributed by atoms with van der Waals surface area (Å²) in [5.74, 6) is -4.91. The summed E-state index contributed by atoms with van der Waals surface area (Å²) in [5.41, 5.74) is 0. The molecule has 0 saturated carbocycles. The van der Waals surface area contributed by atoms with Crippen LogP contribution in [0.25, 0.3) is 0 Å². The van der Waals surface area contributed by atoms with Crippen LogP contribution in [-0.4, -0.2) is 90.0 Å². The Hall–Kier alpha value is -4.07. The molecule has 0 unspecified atom stereocenters. The van der Waals surface area contributed by atoms with Gasteiger partial charge in [0.1, 0.15) is 6.10 Å². The second-order valence-electron chi connectivity index (χ2n) is 3.73. The number of aliphatic hydroxyl groups is 3. The standard InChI is InChI=1S/C3H8O3.5C3H4O2/c4-1-3(6)2-5;5*1-2-3(4)5/h3-6H,1-2H2;5*2H,1H2,(H,4,5). The van der Waals surface area contributed by atoms with Crippen molar-refractivity contribution in [2.24, 2.45) is 0 Å². The van der Waals surface area contributed by atoms with Crippen molar-refractivity contribution in [1.29, 1.82) is 0 Å². The number of carbonyl (C=O) groups is 5. The number of aliphatic hydroxyl groups excluding tert-OH is 3. The zero-order valence-corrected chi connectivity index (χ0v) is 16.5. The highest BCUT2D eigenvalue weighted by Crippen LogP contribution is 1.71. The van der Waals surface area contributed by atoms with Gasteiger partial charge in [-0.1, -0.05) is 32.9 Å². The molecule has 0 bridgehead atoms. The number of carboxylic acid groups (broad SMARTS) is 5. The third-order valence-electron chi connectivity index (χ3n) is 1.29. The maximum absolute atomic E-state index is 9.25. The number of aliphatic carboxylic acids is 5. The average Bonchev–Trinajstić information content (AvgIpc) is 2.74. The lowest BCUT2D eigenvalue weighted by Gasteiger charge is -1.96. The zero-order valence-electron chi connectivity index (χ0n) is 16.5. The first-order valence-electron chi connectivity index (χ1n) is 7.33. The molecule has 0 fully saturated rings. The van der Waals surface area contributed by atoms with Crippen LogP contribution in [0, 0.1) is 0 Å². The molecule has 0 heterocycles. The molecular formula is C18H28O13. The van der Waals surface area contributed by atoms with Gasteiger partial charge < -0.3 is 40.9 Å². The number of rotatable bonds is 7. The fraction of sp³-hybridized carbons (Fsp3) is 0.167. The molecule has 31 heavy (non-hydrogen) atoms. The maximum atomic E-state index is 9.25. The normalized spacial score (nSPS) is 7.10. The van der Waals surface area contributed by atoms with Crippen LogP contribution in [0.4, 0.5) is 0 Å². The molecule has 8 N–H and O–H groups in total. The van der Waals surface area contributed by atoms with Gasteiger partial charge in [-0.15, -0.1) is 0 Å². The van der Waals surface area contributed by atoms with Crippen LogP contribution in [0.2, 0.25) is 0 Å². The molecule has 0 radical (unpaired) electrons. The Kier molecular flexibility index (Phi) is 49.1. The van der Waals surface area contributed by atoms with Gasteiger partial charge in [0.15, 0.2) is 0 Å². The average molecular weight is 452 g/mol. The van der Waals surface area contributed by atoms with Crippen molar-refractivity contribution in [3.05, 3.63) is 63.3 Å². The van der Waals surface area contributed by atoms with E-state index in [0.29, 0.717) is 0 Å². The topological polar surface area (TPSA) is 247 Å². The Morgan fingerprint density at radius 3 is 0.613 bits per heavy atom. The van der Waals surface area contributed by atoms with Crippen molar-refractivity contribution in [2.75, 3.05) is 13.2 Å². The molecule has 0 rings (SSSR count). The lowest BCUT2D eigenvalue weighted by atomic mass is 10.4. The summed E-state index contributed by atoms with van der Waals surface area (Å²) in [4.78, 5) is 46.2. The minimum Gasteiger partial charge on any atom is -0.478 e. The third kappa shape index (κ3) is 151. The summed E-state index contributed by atoms with van der Waals surface area (Å²) in [6.45, 7) is 14.1. The first kappa shape index (κ1) is 41.3. The van der Waals surface area contributed by atoms with Crippen molar-refractivity contribution in [2.45, 2.75) is 6.10 Å². The Balaban J connectivity index is -0.0000000606. The van der Waals surface area contributed by atoms with E-state index in [-0.39, 0.29) is 13.2 Å². The van der Waals surface area contributed by atoms with Crippen LogP contribution in [0.1, 0.15) is 0 Å². The summed E-state index contributed by atoms with van der Waals surface area (Å²) >= 11 is 0. The molecule has 0 aliphatic rings. The van der Waals surface area contributed by atoms with E-state index in [4.69, 9.17) is 40.9 Å². The molecule has 0 atom stereocenters. The molecule has 0 aromatic heterocycles. The predicted molar refractivity (Wildman–Crippen MR) is 109 cm³/mol. The lowest BCUT2D eigenvalue weighted by molar-refractivity contribution is -0.132. The van der Waals surface area contributed by atoms with Gasteiger partial charge in [0.25, 0.3) is 0 Å². The van der Waals surface area contributed by atoms with Crippen molar-refractivity contribution in [3.8, 4) is 0 Å². The molecule has 0 aromatic rings. The summed E-state index contributed by atoms with van der Waals surface area (Å²) in [6.07, 6.45) is 3.21. The molecule has 13 heteroatoms. The smallest absolute Gasteiger partial charge is 0.327 e. The maximum Gasteiger partial charge on any atom is 0.327 e. The highest BCUT2D eigenvalue weighted by molar-refractivity contribution is 5.80. The number of hydrogen-bond donors (Lipinski definition) is 8. The minimum atomic E-state index is -0.981. The molecule has 178 valence electrons. The predicted octanol–water partition coefficient (Wildman–Crippen LogP) is -0.383. The molecule has 0 spiro atoms. The van der Waals surface area contributed by atoms with Gasteiger partial charge in [-0.05, 0) is 0 Å². The second-order valence-corrected chi connectivity index (χ2v) is 3.73. The Labute approximate surface area is 178 Å². The van der Waals surface area contributed by atoms with Gasteiger partial charge in [0, 0.05) is 30.4 Å². The quantitative estimate of drug-likeness (QED) is 0.230. The van der Waals surface area contributed by atoms with E-state index < -0.39 is 36.0 Å². The minimum absolute atomic E-state index is 0.365. The van der Waals surface area contributed by atoms with Crippen molar-refractivity contribution in [3.63, 3.8) is 0 Å². The SMILES string of the molecule is C=CC(=O)O.C=CC(=O)O.C=CC(=O)O.C=CC(=O)O.C=CC(=O)O.OCC(O)CO. The lowest BCUT2D eigenvalue weighted by Crippen LogP contribution is -2.15. The Morgan fingerprint density at radius 2 is 0.613 bits per heavy atom. The van der Waals surface area contributed by atoms with Crippen LogP contribution in [0.15, 0.2) is 63.3 Å². The van der Waals surface area contributed by atoms with Crippen molar-refractivity contribution < 1.29 is 64.8 Å². The molecule has 0 aromatic carbocycles. The van der Waals surface area contributed by atoms with E-state index in [9.17, 15) is 24.0 Å². The van der Waals surface area contributed by atoms with E-state index in [1.807, 2.05) is 0 Å². The summed E-state index contributed by atoms with van der Waals surface area (Å²) in [5, 5.41) is 62.0. The largest absolute Gasteiger partial charge is 0.478 e. The van der Waals surface area contributed by atoms with Gasteiger partial charge in [-0.25, -0.2) is 24.0 Å². The van der Waals surface area contributed by atoms with Crippen LogP contribution in [0.5, 0.6) is 0 Å². The molecule has 0 amide bonds. The van der Waals surface area contributed by atoms with E-state index in [1.54, 1.807) is 0 Å². The third-order valence-corrected chi connectivity index (χ3v) is 1.29. The van der Waals surface area contributed by atoms with Gasteiger partial charge in [0.2, 0.25) is 0 Å². The van der Waals surface area contributed by atoms with Gasteiger partial charge >= 0.3 is 29.8 Å². The van der Waals surface area contributed by atoms with Crippen LogP contribution < -0.4 is 0 Å². The highest BCUT2D eigenvalue weighted by atomic mass is 16.4. The summed E-state index contributed by atoms with van der Waals surface area (Å²) in [7, 11) is 0. The Bertz CT molecular complexity index is 456. The first-order chi connectivity index (χ1) is 14.2. The van der Waals surface area contributed by atoms with E-state index in [1.165, 1.54) is 0 Å². The number of hydrogen-bond acceptors (Lipinski definition) is 8. The van der Waals surface area contributed by atoms with Gasteiger partial charge in [0.05, 0.1) is 13.2 Å². The first-order valence-corrected chi connectivity index (χ1v) is 7.33. The van der Waals surface area contributed by atoms with Crippen molar-refractivity contribution >= 4 is 29.8 Å². The molecule has 0 aliphatic heterocycles. The van der Waals surface area contributed by atoms with E-state index in [0.717, 1.165) is 30.4 Å². The summed E-state index contributed by atoms with van der Waals surface area (Å²) in [6, 6.07) is 0. The zero-order chi connectivity index (χ0) is 26.4. The fourth-order valence-corrected chi connectivity index (χ4v) is 0.0577. The molecule has 0 aliphatic carbocycles. The summed E-state index contributed by atoms with van der Waals surface area (Å²) < 4.78 is 0. The number of carboxylic acids is 5. The van der Waals surface area contributed by atoms with Crippen molar-refractivity contribution in [1.82, 2.24) is 0 Å². The van der Waals surface area contributed by atoms with Gasteiger partial charge in [-0.2, -0.15) is 0 Å². The van der Waals surface area contributed by atoms with Crippen LogP contribution >= 0.6 is 0 Å². The Morgan fingerprint density at radius 1 is 0.516 bits per heavy atom. The van der Waals surface area contributed by atoms with E-state index >= 15 is 0 Å². The molecular weight excluding hydrogens is 424 g/mol. The van der Waals surface area contributed by atoms with E-state index in [2.05, 4.69) is 32.9 Å². The van der Waals surface area contributed by atoms with Crippen LogP contribution in [-0.2, 0) is 24.0 Å². The molecule has 13 nitrogen and oxygen atoms in total.